The average Bonchev–Trinajstić information content (AvgIpc) is 3.44. The highest BCUT2D eigenvalue weighted by Crippen LogP contribution is 2.25. The van der Waals surface area contributed by atoms with Crippen LogP contribution < -0.4 is 21.5 Å². The van der Waals surface area contributed by atoms with Gasteiger partial charge in [-0.1, -0.05) is 12.1 Å². The van der Waals surface area contributed by atoms with Crippen molar-refractivity contribution in [2.45, 2.75) is 26.1 Å². The van der Waals surface area contributed by atoms with Crippen LogP contribution in [0.5, 0.6) is 5.75 Å². The van der Waals surface area contributed by atoms with Gasteiger partial charge in [0.05, 0.1) is 25.6 Å². The molecule has 3 amide bonds. The topological polar surface area (TPSA) is 154 Å². The highest BCUT2D eigenvalue weighted by Gasteiger charge is 2.31. The summed E-state index contributed by atoms with van der Waals surface area (Å²) in [5.74, 6) is -0.580. The SMILES string of the molecule is COc1ccc(CNC(=O)[C@H](C)N(Cc2ccco2)C(=O)c2snc(C(N)=O)c2N)cc1. The van der Waals surface area contributed by atoms with Crippen molar-refractivity contribution in [1.29, 1.82) is 0 Å². The number of rotatable bonds is 9. The smallest absolute Gasteiger partial charge is 0.270 e. The molecule has 0 aliphatic rings. The lowest BCUT2D eigenvalue weighted by molar-refractivity contribution is -0.125. The minimum Gasteiger partial charge on any atom is -0.497 e. The predicted molar refractivity (Wildman–Crippen MR) is 118 cm³/mol. The third kappa shape index (κ3) is 5.06. The maximum atomic E-state index is 13.2. The van der Waals surface area contributed by atoms with Crippen molar-refractivity contribution >= 4 is 34.9 Å². The molecule has 11 heteroatoms. The molecule has 5 N–H and O–H groups in total. The number of nitrogen functional groups attached to an aromatic ring is 1. The molecular weight excluding hydrogens is 434 g/mol. The summed E-state index contributed by atoms with van der Waals surface area (Å²) in [5.41, 5.74) is 11.8. The van der Waals surface area contributed by atoms with Gasteiger partial charge in [-0.2, -0.15) is 4.37 Å². The van der Waals surface area contributed by atoms with Crippen LogP contribution in [0.15, 0.2) is 47.1 Å². The molecule has 1 aromatic carbocycles. The normalized spacial score (nSPS) is 11.6. The standard InChI is InChI=1S/C21H23N5O5S/c1-12(20(28)24-10-13-5-7-14(30-2)8-6-13)26(11-15-4-3-9-31-15)21(29)18-16(22)17(19(23)27)25-32-18/h3-9,12H,10-11,22H2,1-2H3,(H2,23,27)(H,24,28)/t12-/m0/s1. The lowest BCUT2D eigenvalue weighted by atomic mass is 10.2. The Morgan fingerprint density at radius 2 is 1.97 bits per heavy atom. The molecule has 0 radical (unpaired) electrons. The molecule has 0 spiro atoms. The van der Waals surface area contributed by atoms with Gasteiger partial charge in [-0.25, -0.2) is 0 Å². The molecule has 168 valence electrons. The summed E-state index contributed by atoms with van der Waals surface area (Å²) in [6.45, 7) is 1.88. The van der Waals surface area contributed by atoms with Crippen LogP contribution in [0.2, 0.25) is 0 Å². The quantitative estimate of drug-likeness (QED) is 0.442. The van der Waals surface area contributed by atoms with Gasteiger partial charge < -0.3 is 30.8 Å². The van der Waals surface area contributed by atoms with Gasteiger partial charge in [0.15, 0.2) is 5.69 Å². The summed E-state index contributed by atoms with van der Waals surface area (Å²) in [4.78, 5) is 38.9. The zero-order valence-corrected chi connectivity index (χ0v) is 18.3. The lowest BCUT2D eigenvalue weighted by Gasteiger charge is -2.27. The zero-order chi connectivity index (χ0) is 23.3. The number of ether oxygens (including phenoxy) is 1. The Bertz CT molecular complexity index is 1090. The number of furan rings is 1. The number of carbonyl (C=O) groups is 3. The van der Waals surface area contributed by atoms with Crippen LogP contribution in [0.3, 0.4) is 0 Å². The van der Waals surface area contributed by atoms with Gasteiger partial charge >= 0.3 is 0 Å². The van der Waals surface area contributed by atoms with E-state index in [-0.39, 0.29) is 35.3 Å². The Morgan fingerprint density at radius 1 is 1.25 bits per heavy atom. The van der Waals surface area contributed by atoms with Crippen molar-refractivity contribution < 1.29 is 23.5 Å². The summed E-state index contributed by atoms with van der Waals surface area (Å²) in [6, 6.07) is 9.74. The van der Waals surface area contributed by atoms with E-state index in [4.69, 9.17) is 20.6 Å². The molecule has 0 aliphatic heterocycles. The Labute approximate surface area is 188 Å². The summed E-state index contributed by atoms with van der Waals surface area (Å²) >= 11 is 0.755. The maximum absolute atomic E-state index is 13.2. The van der Waals surface area contributed by atoms with E-state index in [0.717, 1.165) is 17.1 Å². The molecule has 2 aromatic heterocycles. The first-order valence-corrected chi connectivity index (χ1v) is 10.4. The van der Waals surface area contributed by atoms with Crippen LogP contribution >= 0.6 is 11.5 Å². The van der Waals surface area contributed by atoms with Crippen LogP contribution in [-0.2, 0) is 17.9 Å². The fraction of sp³-hybridized carbons (Fsp3) is 0.238. The van der Waals surface area contributed by atoms with Crippen LogP contribution in [0.25, 0.3) is 0 Å². The minimum atomic E-state index is -0.871. The molecule has 0 saturated heterocycles. The molecule has 1 atom stereocenters. The first kappa shape index (κ1) is 22.8. The van der Waals surface area contributed by atoms with Crippen molar-refractivity contribution in [2.75, 3.05) is 12.8 Å². The van der Waals surface area contributed by atoms with Gasteiger partial charge in [0, 0.05) is 6.54 Å². The van der Waals surface area contributed by atoms with Crippen molar-refractivity contribution in [1.82, 2.24) is 14.6 Å². The molecule has 3 rings (SSSR count). The second-order valence-corrected chi connectivity index (χ2v) is 7.67. The third-order valence-corrected chi connectivity index (χ3v) is 5.65. The molecule has 0 bridgehead atoms. The molecule has 0 aliphatic carbocycles. The number of primary amides is 1. The Morgan fingerprint density at radius 3 is 2.53 bits per heavy atom. The number of nitrogens with two attached hydrogens (primary N) is 2. The first-order chi connectivity index (χ1) is 15.3. The van der Waals surface area contributed by atoms with Crippen molar-refractivity contribution in [2.24, 2.45) is 5.73 Å². The number of amides is 3. The second-order valence-electron chi connectivity index (χ2n) is 6.89. The minimum absolute atomic E-state index is 0.0200. The molecule has 0 fully saturated rings. The van der Waals surface area contributed by atoms with E-state index in [2.05, 4.69) is 9.69 Å². The van der Waals surface area contributed by atoms with Crippen LogP contribution in [-0.4, -0.2) is 40.1 Å². The van der Waals surface area contributed by atoms with Gasteiger partial charge in [0.25, 0.3) is 11.8 Å². The van der Waals surface area contributed by atoms with Gasteiger partial charge in [-0.15, -0.1) is 0 Å². The summed E-state index contributed by atoms with van der Waals surface area (Å²) in [7, 11) is 1.57. The van der Waals surface area contributed by atoms with E-state index in [9.17, 15) is 14.4 Å². The van der Waals surface area contributed by atoms with E-state index in [1.54, 1.807) is 38.3 Å². The van der Waals surface area contributed by atoms with E-state index in [1.807, 2.05) is 12.1 Å². The third-order valence-electron chi connectivity index (χ3n) is 4.80. The first-order valence-electron chi connectivity index (χ1n) is 9.60. The van der Waals surface area contributed by atoms with Gasteiger partial charge in [-0.3, -0.25) is 14.4 Å². The monoisotopic (exact) mass is 457 g/mol. The average molecular weight is 458 g/mol. The largest absolute Gasteiger partial charge is 0.497 e. The van der Waals surface area contributed by atoms with Gasteiger partial charge in [-0.05, 0) is 48.3 Å². The molecule has 0 saturated carbocycles. The number of methoxy groups -OCH3 is 1. The van der Waals surface area contributed by atoms with Crippen LogP contribution in [0, 0.1) is 0 Å². The molecule has 3 aromatic rings. The number of hydrogen-bond donors (Lipinski definition) is 3. The van der Waals surface area contributed by atoms with Crippen molar-refractivity contribution in [3.05, 3.63) is 64.6 Å². The van der Waals surface area contributed by atoms with E-state index >= 15 is 0 Å². The van der Waals surface area contributed by atoms with E-state index in [0.29, 0.717) is 11.5 Å². The summed E-state index contributed by atoms with van der Waals surface area (Å²) in [6.07, 6.45) is 1.47. The fourth-order valence-electron chi connectivity index (χ4n) is 2.94. The van der Waals surface area contributed by atoms with E-state index in [1.165, 1.54) is 11.2 Å². The molecule has 32 heavy (non-hydrogen) atoms. The molecular formula is C21H23N5O5S. The highest BCUT2D eigenvalue weighted by molar-refractivity contribution is 7.09. The number of aromatic nitrogens is 1. The number of anilines is 1. The number of nitrogens with one attached hydrogen (secondary N) is 1. The summed E-state index contributed by atoms with van der Waals surface area (Å²) in [5, 5.41) is 2.82. The maximum Gasteiger partial charge on any atom is 0.270 e. The summed E-state index contributed by atoms with van der Waals surface area (Å²) < 4.78 is 14.3. The van der Waals surface area contributed by atoms with E-state index < -0.39 is 17.9 Å². The number of hydrogen-bond acceptors (Lipinski definition) is 8. The van der Waals surface area contributed by atoms with Gasteiger partial charge in [0.2, 0.25) is 5.91 Å². The Hall–Kier alpha value is -3.86. The predicted octanol–water partition coefficient (Wildman–Crippen LogP) is 1.77. The number of carbonyl (C=O) groups excluding carboxylic acids is 3. The highest BCUT2D eigenvalue weighted by atomic mass is 32.1. The number of benzene rings is 1. The fourth-order valence-corrected chi connectivity index (χ4v) is 3.70. The van der Waals surface area contributed by atoms with Crippen molar-refractivity contribution in [3.63, 3.8) is 0 Å². The Kier molecular flexibility index (Phi) is 7.11. The lowest BCUT2D eigenvalue weighted by Crippen LogP contribution is -2.47. The van der Waals surface area contributed by atoms with Crippen LogP contribution in [0.4, 0.5) is 5.69 Å². The molecule has 10 nitrogen and oxygen atoms in total. The van der Waals surface area contributed by atoms with Crippen molar-refractivity contribution in [3.8, 4) is 5.75 Å². The molecule has 0 unspecified atom stereocenters. The zero-order valence-electron chi connectivity index (χ0n) is 17.5. The number of nitrogens with zero attached hydrogens (tertiary/aromatic N) is 2. The molecule has 2 heterocycles. The van der Waals surface area contributed by atoms with Crippen LogP contribution in [0.1, 0.15) is 38.4 Å². The Balaban J connectivity index is 1.78. The van der Waals surface area contributed by atoms with Gasteiger partial charge in [0.1, 0.15) is 22.4 Å². The second kappa shape index (κ2) is 9.96.